The largest absolute Gasteiger partial charge is 1.00 e. The number of carboxylic acid groups (broad SMARTS) is 1. The average molecular weight is 224 g/mol. The fourth-order valence-corrected chi connectivity index (χ4v) is 1.39. The van der Waals surface area contributed by atoms with Crippen molar-refractivity contribution in [1.82, 2.24) is 0 Å². The van der Waals surface area contributed by atoms with E-state index in [0.29, 0.717) is 0 Å². The van der Waals surface area contributed by atoms with Gasteiger partial charge in [0.15, 0.2) is 0 Å². The second-order valence-corrected chi connectivity index (χ2v) is 3.57. The van der Waals surface area contributed by atoms with E-state index in [-0.39, 0.29) is 36.2 Å². The summed E-state index contributed by atoms with van der Waals surface area (Å²) in [6.07, 6.45) is 8.13. The maximum atomic E-state index is 9.87. The molecule has 0 atom stereocenters. The Morgan fingerprint density at radius 1 is 1.00 bits per heavy atom. The molecule has 0 heterocycles. The standard InChI is InChI=1S/C11H22O3.Na/c1-2-3-4-5-6-7-8-9-10-14-11(12)13;/h2-10H2,1H3,(H,12,13);/q;+1/p-1. The first-order valence-electron chi connectivity index (χ1n) is 5.61. The first-order valence-corrected chi connectivity index (χ1v) is 5.61. The minimum absolute atomic E-state index is 0. The van der Waals surface area contributed by atoms with Gasteiger partial charge in [-0.05, 0) is 6.42 Å². The van der Waals surface area contributed by atoms with Gasteiger partial charge in [0.05, 0.1) is 0 Å². The van der Waals surface area contributed by atoms with Crippen LogP contribution in [-0.2, 0) is 4.74 Å². The summed E-state index contributed by atoms with van der Waals surface area (Å²) in [5.74, 6) is 0. The summed E-state index contributed by atoms with van der Waals surface area (Å²) in [4.78, 5) is 9.87. The molecule has 15 heavy (non-hydrogen) atoms. The Labute approximate surface area is 115 Å². The van der Waals surface area contributed by atoms with Crippen LogP contribution in [0.1, 0.15) is 58.3 Å². The summed E-state index contributed by atoms with van der Waals surface area (Å²) < 4.78 is 4.29. The number of hydrogen-bond donors (Lipinski definition) is 0. The van der Waals surface area contributed by atoms with Crippen molar-refractivity contribution in [2.24, 2.45) is 0 Å². The van der Waals surface area contributed by atoms with Crippen LogP contribution in [-0.4, -0.2) is 12.8 Å². The van der Waals surface area contributed by atoms with E-state index < -0.39 is 6.16 Å². The van der Waals surface area contributed by atoms with Gasteiger partial charge in [-0.1, -0.05) is 51.9 Å². The summed E-state index contributed by atoms with van der Waals surface area (Å²) in [5, 5.41) is 9.87. The predicted molar refractivity (Wildman–Crippen MR) is 54.0 cm³/mol. The third-order valence-corrected chi connectivity index (χ3v) is 2.22. The molecule has 0 aromatic heterocycles. The third kappa shape index (κ3) is 16.9. The number of carbonyl (C=O) groups excluding carboxylic acids is 1. The molecule has 0 radical (unpaired) electrons. The predicted octanol–water partition coefficient (Wildman–Crippen LogP) is -0.509. The van der Waals surface area contributed by atoms with Crippen molar-refractivity contribution in [2.75, 3.05) is 6.61 Å². The van der Waals surface area contributed by atoms with Crippen LogP contribution in [0.15, 0.2) is 0 Å². The Hall–Kier alpha value is 0.270. The van der Waals surface area contributed by atoms with Crippen molar-refractivity contribution < 1.29 is 44.2 Å². The molecule has 0 fully saturated rings. The summed E-state index contributed by atoms with van der Waals surface area (Å²) >= 11 is 0. The minimum Gasteiger partial charge on any atom is -0.550 e. The van der Waals surface area contributed by atoms with Gasteiger partial charge in [-0.25, -0.2) is 0 Å². The monoisotopic (exact) mass is 224 g/mol. The van der Waals surface area contributed by atoms with Gasteiger partial charge in [-0.15, -0.1) is 0 Å². The van der Waals surface area contributed by atoms with Gasteiger partial charge < -0.3 is 14.6 Å². The fraction of sp³-hybridized carbons (Fsp3) is 0.909. The quantitative estimate of drug-likeness (QED) is 0.301. The van der Waals surface area contributed by atoms with E-state index in [1.54, 1.807) is 0 Å². The topological polar surface area (TPSA) is 49.4 Å². The fourth-order valence-electron chi connectivity index (χ4n) is 1.39. The maximum Gasteiger partial charge on any atom is 1.00 e. The molecule has 0 amide bonds. The molecular formula is C11H21NaO3. The molecule has 3 nitrogen and oxygen atoms in total. The van der Waals surface area contributed by atoms with Crippen LogP contribution in [0.3, 0.4) is 0 Å². The van der Waals surface area contributed by atoms with E-state index in [4.69, 9.17) is 0 Å². The Morgan fingerprint density at radius 2 is 1.47 bits per heavy atom. The molecule has 4 heteroatoms. The van der Waals surface area contributed by atoms with Crippen molar-refractivity contribution in [1.29, 1.82) is 0 Å². The minimum atomic E-state index is -1.41. The van der Waals surface area contributed by atoms with E-state index in [2.05, 4.69) is 11.7 Å². The number of rotatable bonds is 9. The molecule has 0 bridgehead atoms. The number of hydrogen-bond acceptors (Lipinski definition) is 3. The molecule has 0 unspecified atom stereocenters. The van der Waals surface area contributed by atoms with Gasteiger partial charge in [0.25, 0.3) is 6.16 Å². The normalized spacial score (nSPS) is 9.40. The second-order valence-electron chi connectivity index (χ2n) is 3.57. The molecule has 0 aliphatic carbocycles. The zero-order valence-electron chi connectivity index (χ0n) is 10.1. The van der Waals surface area contributed by atoms with Gasteiger partial charge in [0, 0.05) is 6.61 Å². The zero-order chi connectivity index (χ0) is 10.6. The molecule has 0 N–H and O–H groups in total. The zero-order valence-corrected chi connectivity index (χ0v) is 12.1. The van der Waals surface area contributed by atoms with Crippen LogP contribution in [0.25, 0.3) is 0 Å². The Kier molecular flexibility index (Phi) is 16.8. The van der Waals surface area contributed by atoms with E-state index in [1.807, 2.05) is 0 Å². The Balaban J connectivity index is 0. The Bertz CT molecular complexity index is 140. The Morgan fingerprint density at radius 3 is 1.93 bits per heavy atom. The smallest absolute Gasteiger partial charge is 0.550 e. The van der Waals surface area contributed by atoms with Crippen molar-refractivity contribution >= 4 is 6.16 Å². The molecule has 0 aromatic carbocycles. The number of ether oxygens (including phenoxy) is 1. The van der Waals surface area contributed by atoms with Crippen molar-refractivity contribution in [3.05, 3.63) is 0 Å². The third-order valence-electron chi connectivity index (χ3n) is 2.22. The van der Waals surface area contributed by atoms with Crippen molar-refractivity contribution in [2.45, 2.75) is 58.3 Å². The number of unbranched alkanes of at least 4 members (excludes halogenated alkanes) is 7. The van der Waals surface area contributed by atoms with Crippen LogP contribution in [0, 0.1) is 0 Å². The van der Waals surface area contributed by atoms with Gasteiger partial charge in [-0.2, -0.15) is 0 Å². The van der Waals surface area contributed by atoms with Gasteiger partial charge in [0.1, 0.15) is 0 Å². The summed E-state index contributed by atoms with van der Waals surface area (Å²) in [5.41, 5.74) is 0. The van der Waals surface area contributed by atoms with Crippen LogP contribution in [0.2, 0.25) is 0 Å². The maximum absolute atomic E-state index is 9.87. The van der Waals surface area contributed by atoms with E-state index in [1.165, 1.54) is 38.5 Å². The molecule has 0 aliphatic heterocycles. The first-order chi connectivity index (χ1) is 6.77. The van der Waals surface area contributed by atoms with Gasteiger partial charge in [-0.3, -0.25) is 0 Å². The number of carbonyl (C=O) groups is 1. The average Bonchev–Trinajstić information content (AvgIpc) is 2.15. The summed E-state index contributed by atoms with van der Waals surface area (Å²) in [6, 6.07) is 0. The molecular weight excluding hydrogens is 203 g/mol. The van der Waals surface area contributed by atoms with E-state index in [0.717, 1.165) is 12.8 Å². The molecule has 0 spiro atoms. The summed E-state index contributed by atoms with van der Waals surface area (Å²) in [6.45, 7) is 2.49. The van der Waals surface area contributed by atoms with Crippen LogP contribution < -0.4 is 34.7 Å². The SMILES string of the molecule is CCCCCCCCCCOC(=O)[O-].[Na+]. The molecule has 0 aliphatic rings. The van der Waals surface area contributed by atoms with Crippen molar-refractivity contribution in [3.63, 3.8) is 0 Å². The van der Waals surface area contributed by atoms with Crippen molar-refractivity contribution in [3.8, 4) is 0 Å². The molecule has 0 rings (SSSR count). The molecule has 0 aromatic rings. The van der Waals surface area contributed by atoms with E-state index in [9.17, 15) is 9.90 Å². The molecule has 0 saturated heterocycles. The van der Waals surface area contributed by atoms with E-state index >= 15 is 0 Å². The molecule has 0 saturated carbocycles. The van der Waals surface area contributed by atoms with Gasteiger partial charge in [0.2, 0.25) is 0 Å². The first kappa shape index (κ1) is 17.7. The van der Waals surface area contributed by atoms with Gasteiger partial charge >= 0.3 is 29.6 Å². The summed E-state index contributed by atoms with van der Waals surface area (Å²) in [7, 11) is 0. The van der Waals surface area contributed by atoms with Crippen LogP contribution in [0.5, 0.6) is 0 Å². The molecule has 84 valence electrons. The second kappa shape index (κ2) is 14.3. The van der Waals surface area contributed by atoms with Crippen LogP contribution >= 0.6 is 0 Å². The van der Waals surface area contributed by atoms with Crippen LogP contribution in [0.4, 0.5) is 4.79 Å².